The lowest BCUT2D eigenvalue weighted by Gasteiger charge is -2.10. The van der Waals surface area contributed by atoms with Gasteiger partial charge in [0.1, 0.15) is 23.9 Å². The first-order valence-corrected chi connectivity index (χ1v) is 11.4. The maximum absolute atomic E-state index is 9.38. The third-order valence-electron chi connectivity index (χ3n) is 5.00. The molecule has 3 nitrogen and oxygen atoms in total. The molecule has 0 amide bonds. The van der Waals surface area contributed by atoms with Crippen molar-refractivity contribution in [2.75, 3.05) is 6.61 Å². The van der Waals surface area contributed by atoms with Crippen LogP contribution in [0.5, 0.6) is 17.2 Å². The van der Waals surface area contributed by atoms with Crippen molar-refractivity contribution < 1.29 is 14.6 Å². The van der Waals surface area contributed by atoms with Gasteiger partial charge >= 0.3 is 0 Å². The van der Waals surface area contributed by atoms with E-state index in [0.717, 1.165) is 24.3 Å². The molecule has 0 unspecified atom stereocenters. The molecule has 0 heterocycles. The first kappa shape index (κ1) is 23.4. The number of phenolic OH excluding ortho intramolecular Hbond substituents is 1. The molecule has 0 spiro atoms. The monoisotopic (exact) mass is 418 g/mol. The molecule has 0 fully saturated rings. The summed E-state index contributed by atoms with van der Waals surface area (Å²) in [5, 5.41) is 9.78. The Kier molecular flexibility index (Phi) is 11.4. The van der Waals surface area contributed by atoms with E-state index < -0.39 is 0 Å². The highest BCUT2D eigenvalue weighted by Gasteiger charge is 2.03. The maximum Gasteiger partial charge on any atom is 0.138 e. The van der Waals surface area contributed by atoms with E-state index in [1.54, 1.807) is 12.1 Å². The van der Waals surface area contributed by atoms with Gasteiger partial charge < -0.3 is 14.6 Å². The third kappa shape index (κ3) is 9.94. The summed E-state index contributed by atoms with van der Waals surface area (Å²) in [6.45, 7) is 3.46. The standard InChI is InChI=1S/C25H35ClO3/c1-2-3-4-5-6-7-8-9-10-11-18-28-23-15-12-21(13-16-23)20-29-25-17-14-22(27)19-24(25)26/h12-17,19,27H,2-11,18,20H2,1H3. The van der Waals surface area contributed by atoms with Crippen molar-refractivity contribution >= 4 is 11.6 Å². The first-order chi connectivity index (χ1) is 14.2. The highest BCUT2D eigenvalue weighted by molar-refractivity contribution is 6.32. The van der Waals surface area contributed by atoms with Gasteiger partial charge in [0.15, 0.2) is 0 Å². The molecule has 4 heteroatoms. The highest BCUT2D eigenvalue weighted by atomic mass is 35.5. The van der Waals surface area contributed by atoms with Gasteiger partial charge in [-0.15, -0.1) is 0 Å². The largest absolute Gasteiger partial charge is 0.508 e. The Labute approximate surface area is 181 Å². The van der Waals surface area contributed by atoms with Gasteiger partial charge in [0.25, 0.3) is 0 Å². The number of aromatic hydroxyl groups is 1. The Morgan fingerprint density at radius 3 is 2.00 bits per heavy atom. The van der Waals surface area contributed by atoms with Crippen molar-refractivity contribution in [1.29, 1.82) is 0 Å². The topological polar surface area (TPSA) is 38.7 Å². The first-order valence-electron chi connectivity index (χ1n) is 11.0. The van der Waals surface area contributed by atoms with Crippen LogP contribution in [0.2, 0.25) is 5.02 Å². The van der Waals surface area contributed by atoms with E-state index >= 15 is 0 Å². The molecule has 0 saturated carbocycles. The van der Waals surface area contributed by atoms with E-state index in [4.69, 9.17) is 21.1 Å². The Balaban J connectivity index is 1.54. The van der Waals surface area contributed by atoms with Crippen molar-refractivity contribution in [1.82, 2.24) is 0 Å². The molecular formula is C25H35ClO3. The van der Waals surface area contributed by atoms with Crippen molar-refractivity contribution in [3.8, 4) is 17.2 Å². The maximum atomic E-state index is 9.38. The van der Waals surface area contributed by atoms with Crippen molar-refractivity contribution in [3.63, 3.8) is 0 Å². The minimum absolute atomic E-state index is 0.131. The Morgan fingerprint density at radius 1 is 0.759 bits per heavy atom. The van der Waals surface area contributed by atoms with Crippen LogP contribution >= 0.6 is 11.6 Å². The minimum Gasteiger partial charge on any atom is -0.508 e. The molecule has 160 valence electrons. The minimum atomic E-state index is 0.131. The number of benzene rings is 2. The fourth-order valence-corrected chi connectivity index (χ4v) is 3.46. The summed E-state index contributed by atoms with van der Waals surface area (Å²) >= 11 is 6.05. The number of rotatable bonds is 15. The number of hydrogen-bond donors (Lipinski definition) is 1. The fraction of sp³-hybridized carbons (Fsp3) is 0.520. The van der Waals surface area contributed by atoms with E-state index in [9.17, 15) is 5.11 Å². The molecule has 2 aromatic carbocycles. The highest BCUT2D eigenvalue weighted by Crippen LogP contribution is 2.28. The quantitative estimate of drug-likeness (QED) is 0.298. The molecule has 0 aliphatic rings. The summed E-state index contributed by atoms with van der Waals surface area (Å²) in [6, 6.07) is 12.7. The van der Waals surface area contributed by atoms with Gasteiger partial charge in [0.2, 0.25) is 0 Å². The van der Waals surface area contributed by atoms with E-state index in [1.807, 2.05) is 24.3 Å². The van der Waals surface area contributed by atoms with Gasteiger partial charge in [-0.25, -0.2) is 0 Å². The van der Waals surface area contributed by atoms with Gasteiger partial charge in [-0.3, -0.25) is 0 Å². The van der Waals surface area contributed by atoms with Crippen molar-refractivity contribution in [2.45, 2.75) is 77.7 Å². The lowest BCUT2D eigenvalue weighted by Crippen LogP contribution is -1.99. The number of ether oxygens (including phenoxy) is 2. The normalized spacial score (nSPS) is 10.8. The fourth-order valence-electron chi connectivity index (χ4n) is 3.23. The molecule has 2 rings (SSSR count). The summed E-state index contributed by atoms with van der Waals surface area (Å²) < 4.78 is 11.5. The molecule has 0 radical (unpaired) electrons. The average Bonchev–Trinajstić information content (AvgIpc) is 2.72. The van der Waals surface area contributed by atoms with E-state index in [1.165, 1.54) is 63.9 Å². The molecule has 2 aromatic rings. The van der Waals surface area contributed by atoms with Gasteiger partial charge in [-0.05, 0) is 36.2 Å². The summed E-state index contributed by atoms with van der Waals surface area (Å²) in [6.07, 6.45) is 13.3. The van der Waals surface area contributed by atoms with Crippen LogP contribution < -0.4 is 9.47 Å². The summed E-state index contributed by atoms with van der Waals surface area (Å²) in [5.41, 5.74) is 1.04. The predicted octanol–water partition coefficient (Wildman–Crippen LogP) is 7.92. The predicted molar refractivity (Wildman–Crippen MR) is 121 cm³/mol. The molecule has 29 heavy (non-hydrogen) atoms. The van der Waals surface area contributed by atoms with Gasteiger partial charge in [-0.1, -0.05) is 88.4 Å². The molecule has 0 aromatic heterocycles. The summed E-state index contributed by atoms with van der Waals surface area (Å²) in [5.74, 6) is 1.59. The van der Waals surface area contributed by atoms with Crippen LogP contribution in [-0.2, 0) is 6.61 Å². The molecule has 0 saturated heterocycles. The van der Waals surface area contributed by atoms with Crippen LogP contribution in [0.25, 0.3) is 0 Å². The molecule has 0 atom stereocenters. The molecule has 0 aliphatic carbocycles. The average molecular weight is 419 g/mol. The van der Waals surface area contributed by atoms with Crippen LogP contribution in [0, 0.1) is 0 Å². The van der Waals surface area contributed by atoms with Gasteiger partial charge in [-0.2, -0.15) is 0 Å². The Hall–Kier alpha value is -1.87. The zero-order valence-electron chi connectivity index (χ0n) is 17.7. The number of unbranched alkanes of at least 4 members (excludes halogenated alkanes) is 9. The number of halogens is 1. The lowest BCUT2D eigenvalue weighted by atomic mass is 10.1. The van der Waals surface area contributed by atoms with E-state index in [0.29, 0.717) is 17.4 Å². The van der Waals surface area contributed by atoms with E-state index in [-0.39, 0.29) is 5.75 Å². The van der Waals surface area contributed by atoms with Crippen LogP contribution in [-0.4, -0.2) is 11.7 Å². The smallest absolute Gasteiger partial charge is 0.138 e. The zero-order chi connectivity index (χ0) is 20.7. The summed E-state index contributed by atoms with van der Waals surface area (Å²) in [4.78, 5) is 0. The molecule has 0 bridgehead atoms. The van der Waals surface area contributed by atoms with Crippen LogP contribution in [0.1, 0.15) is 76.7 Å². The molecule has 1 N–H and O–H groups in total. The van der Waals surface area contributed by atoms with Gasteiger partial charge in [0.05, 0.1) is 11.6 Å². The number of hydrogen-bond acceptors (Lipinski definition) is 3. The zero-order valence-corrected chi connectivity index (χ0v) is 18.4. The molecular weight excluding hydrogens is 384 g/mol. The van der Waals surface area contributed by atoms with Crippen molar-refractivity contribution in [2.24, 2.45) is 0 Å². The second-order valence-electron chi connectivity index (χ2n) is 7.58. The Morgan fingerprint density at radius 2 is 1.38 bits per heavy atom. The van der Waals surface area contributed by atoms with Crippen LogP contribution in [0.15, 0.2) is 42.5 Å². The van der Waals surface area contributed by atoms with Crippen molar-refractivity contribution in [3.05, 3.63) is 53.1 Å². The van der Waals surface area contributed by atoms with Gasteiger partial charge in [0, 0.05) is 6.07 Å². The van der Waals surface area contributed by atoms with Crippen LogP contribution in [0.3, 0.4) is 0 Å². The molecule has 0 aliphatic heterocycles. The SMILES string of the molecule is CCCCCCCCCCCCOc1ccc(COc2ccc(O)cc2Cl)cc1. The van der Waals surface area contributed by atoms with E-state index in [2.05, 4.69) is 6.92 Å². The second-order valence-corrected chi connectivity index (χ2v) is 7.98. The second kappa shape index (κ2) is 14.2. The summed E-state index contributed by atoms with van der Waals surface area (Å²) in [7, 11) is 0. The Bertz CT molecular complexity index is 685. The van der Waals surface area contributed by atoms with Crippen LogP contribution in [0.4, 0.5) is 0 Å². The third-order valence-corrected chi connectivity index (χ3v) is 5.30. The number of phenols is 1. The lowest BCUT2D eigenvalue weighted by molar-refractivity contribution is 0.300.